The summed E-state index contributed by atoms with van der Waals surface area (Å²) >= 11 is 0. The first-order chi connectivity index (χ1) is 7.68. The van der Waals surface area contributed by atoms with Crippen LogP contribution in [0.25, 0.3) is 10.8 Å². The number of pyridine rings is 1. The molecule has 16 heavy (non-hydrogen) atoms. The molecule has 0 saturated carbocycles. The van der Waals surface area contributed by atoms with Gasteiger partial charge >= 0.3 is 0 Å². The summed E-state index contributed by atoms with van der Waals surface area (Å²) in [6.07, 6.45) is 2.59. The molecule has 1 heterocycles. The normalized spacial score (nSPS) is 12.6. The SMILES string of the molecule is C=C(C)CC(N)c1nccc2ccccc12. The first-order valence-electron chi connectivity index (χ1n) is 5.42. The van der Waals surface area contributed by atoms with Crippen LogP contribution in [0.15, 0.2) is 48.7 Å². The summed E-state index contributed by atoms with van der Waals surface area (Å²) < 4.78 is 0. The van der Waals surface area contributed by atoms with Gasteiger partial charge in [0.2, 0.25) is 0 Å². The molecular formula is C14H16N2. The molecule has 2 aromatic rings. The Morgan fingerprint density at radius 2 is 2.12 bits per heavy atom. The number of aromatic nitrogens is 1. The fraction of sp³-hybridized carbons (Fsp3) is 0.214. The number of benzene rings is 1. The first kappa shape index (κ1) is 10.8. The van der Waals surface area contributed by atoms with E-state index in [-0.39, 0.29) is 6.04 Å². The number of hydrogen-bond acceptors (Lipinski definition) is 2. The van der Waals surface area contributed by atoms with E-state index >= 15 is 0 Å². The average molecular weight is 212 g/mol. The molecule has 1 atom stereocenters. The smallest absolute Gasteiger partial charge is 0.0652 e. The molecule has 0 aliphatic heterocycles. The first-order valence-corrected chi connectivity index (χ1v) is 5.42. The van der Waals surface area contributed by atoms with Crippen LogP contribution in [0.2, 0.25) is 0 Å². The molecule has 0 fully saturated rings. The Kier molecular flexibility index (Phi) is 3.02. The summed E-state index contributed by atoms with van der Waals surface area (Å²) in [5, 5.41) is 2.32. The van der Waals surface area contributed by atoms with Gasteiger partial charge in [-0.25, -0.2) is 0 Å². The lowest BCUT2D eigenvalue weighted by Gasteiger charge is -2.13. The Hall–Kier alpha value is -1.67. The van der Waals surface area contributed by atoms with E-state index < -0.39 is 0 Å². The summed E-state index contributed by atoms with van der Waals surface area (Å²) in [7, 11) is 0. The minimum absolute atomic E-state index is 0.0661. The minimum atomic E-state index is -0.0661. The van der Waals surface area contributed by atoms with Crippen molar-refractivity contribution in [2.75, 3.05) is 0 Å². The van der Waals surface area contributed by atoms with Gasteiger partial charge in [-0.05, 0) is 24.8 Å². The lowest BCUT2D eigenvalue weighted by Crippen LogP contribution is -2.12. The predicted octanol–water partition coefficient (Wildman–Crippen LogP) is 3.20. The van der Waals surface area contributed by atoms with Gasteiger partial charge in [0.15, 0.2) is 0 Å². The topological polar surface area (TPSA) is 38.9 Å². The maximum absolute atomic E-state index is 6.14. The summed E-state index contributed by atoms with van der Waals surface area (Å²) in [6, 6.07) is 10.1. The number of rotatable bonds is 3. The van der Waals surface area contributed by atoms with E-state index in [4.69, 9.17) is 5.73 Å². The Morgan fingerprint density at radius 1 is 1.38 bits per heavy atom. The van der Waals surface area contributed by atoms with Gasteiger partial charge in [0, 0.05) is 11.6 Å². The van der Waals surface area contributed by atoms with Crippen LogP contribution in [0.4, 0.5) is 0 Å². The molecule has 2 nitrogen and oxygen atoms in total. The zero-order chi connectivity index (χ0) is 11.5. The van der Waals surface area contributed by atoms with Crippen molar-refractivity contribution in [3.05, 3.63) is 54.4 Å². The van der Waals surface area contributed by atoms with Crippen LogP contribution in [-0.2, 0) is 0 Å². The van der Waals surface area contributed by atoms with Gasteiger partial charge in [0.05, 0.1) is 11.7 Å². The van der Waals surface area contributed by atoms with E-state index in [1.54, 1.807) is 0 Å². The molecule has 2 rings (SSSR count). The van der Waals surface area contributed by atoms with Crippen LogP contribution in [0.3, 0.4) is 0 Å². The molecular weight excluding hydrogens is 196 g/mol. The van der Waals surface area contributed by atoms with E-state index in [2.05, 4.69) is 23.7 Å². The monoisotopic (exact) mass is 212 g/mol. The van der Waals surface area contributed by atoms with Crippen molar-refractivity contribution in [1.29, 1.82) is 0 Å². The largest absolute Gasteiger partial charge is 0.322 e. The Balaban J connectivity index is 2.47. The fourth-order valence-corrected chi connectivity index (χ4v) is 1.91. The van der Waals surface area contributed by atoms with E-state index in [0.29, 0.717) is 0 Å². The van der Waals surface area contributed by atoms with Gasteiger partial charge in [0.25, 0.3) is 0 Å². The van der Waals surface area contributed by atoms with Crippen LogP contribution < -0.4 is 5.73 Å². The lowest BCUT2D eigenvalue weighted by molar-refractivity contribution is 0.700. The summed E-state index contributed by atoms with van der Waals surface area (Å²) in [4.78, 5) is 4.39. The van der Waals surface area contributed by atoms with E-state index in [9.17, 15) is 0 Å². The van der Waals surface area contributed by atoms with Crippen molar-refractivity contribution in [1.82, 2.24) is 4.98 Å². The van der Waals surface area contributed by atoms with Gasteiger partial charge in [-0.2, -0.15) is 0 Å². The minimum Gasteiger partial charge on any atom is -0.322 e. The second-order valence-corrected chi connectivity index (χ2v) is 4.19. The zero-order valence-electron chi connectivity index (χ0n) is 9.48. The van der Waals surface area contributed by atoms with Crippen molar-refractivity contribution in [2.45, 2.75) is 19.4 Å². The van der Waals surface area contributed by atoms with Gasteiger partial charge in [0.1, 0.15) is 0 Å². The molecule has 0 amide bonds. The van der Waals surface area contributed by atoms with Crippen molar-refractivity contribution in [3.63, 3.8) is 0 Å². The molecule has 82 valence electrons. The maximum Gasteiger partial charge on any atom is 0.0652 e. The molecule has 1 aromatic carbocycles. The second-order valence-electron chi connectivity index (χ2n) is 4.19. The van der Waals surface area contributed by atoms with Gasteiger partial charge in [-0.15, -0.1) is 6.58 Å². The molecule has 0 aliphatic carbocycles. The average Bonchev–Trinajstić information content (AvgIpc) is 2.27. The highest BCUT2D eigenvalue weighted by atomic mass is 14.8. The highest BCUT2D eigenvalue weighted by molar-refractivity contribution is 5.84. The van der Waals surface area contributed by atoms with E-state index in [1.807, 2.05) is 31.3 Å². The maximum atomic E-state index is 6.14. The second kappa shape index (κ2) is 4.45. The van der Waals surface area contributed by atoms with E-state index in [0.717, 1.165) is 23.1 Å². The quantitative estimate of drug-likeness (QED) is 0.793. The third kappa shape index (κ3) is 2.12. The predicted molar refractivity (Wildman–Crippen MR) is 68.1 cm³/mol. The van der Waals surface area contributed by atoms with Crippen molar-refractivity contribution in [3.8, 4) is 0 Å². The van der Waals surface area contributed by atoms with Crippen LogP contribution in [0.1, 0.15) is 25.1 Å². The Morgan fingerprint density at radius 3 is 2.88 bits per heavy atom. The number of nitrogens with two attached hydrogens (primary N) is 1. The number of fused-ring (bicyclic) bond motifs is 1. The molecule has 0 spiro atoms. The van der Waals surface area contributed by atoms with Crippen LogP contribution in [0.5, 0.6) is 0 Å². The lowest BCUT2D eigenvalue weighted by atomic mass is 10.0. The molecule has 2 N–H and O–H groups in total. The van der Waals surface area contributed by atoms with Crippen LogP contribution in [-0.4, -0.2) is 4.98 Å². The molecule has 0 aliphatic rings. The third-order valence-electron chi connectivity index (χ3n) is 2.62. The highest BCUT2D eigenvalue weighted by Crippen LogP contribution is 2.23. The molecule has 0 radical (unpaired) electrons. The molecule has 1 unspecified atom stereocenters. The van der Waals surface area contributed by atoms with Crippen LogP contribution >= 0.6 is 0 Å². The molecule has 2 heteroatoms. The van der Waals surface area contributed by atoms with Crippen molar-refractivity contribution >= 4 is 10.8 Å². The molecule has 0 bridgehead atoms. The van der Waals surface area contributed by atoms with E-state index in [1.165, 1.54) is 5.39 Å². The van der Waals surface area contributed by atoms with Crippen molar-refractivity contribution < 1.29 is 0 Å². The third-order valence-corrected chi connectivity index (χ3v) is 2.62. The highest BCUT2D eigenvalue weighted by Gasteiger charge is 2.10. The summed E-state index contributed by atoms with van der Waals surface area (Å²) in [5.74, 6) is 0. The van der Waals surface area contributed by atoms with Crippen molar-refractivity contribution in [2.24, 2.45) is 5.73 Å². The summed E-state index contributed by atoms with van der Waals surface area (Å²) in [5.41, 5.74) is 8.18. The van der Waals surface area contributed by atoms with Crippen LogP contribution in [0, 0.1) is 0 Å². The molecule has 0 saturated heterocycles. The van der Waals surface area contributed by atoms with Gasteiger partial charge in [-0.3, -0.25) is 4.98 Å². The Bertz CT molecular complexity index is 512. The number of hydrogen-bond donors (Lipinski definition) is 1. The molecule has 1 aromatic heterocycles. The number of nitrogens with zero attached hydrogens (tertiary/aromatic N) is 1. The Labute approximate surface area is 95.8 Å². The zero-order valence-corrected chi connectivity index (χ0v) is 9.48. The standard InChI is InChI=1S/C14H16N2/c1-10(2)9-13(15)14-12-6-4-3-5-11(12)7-8-16-14/h3-8,13H,1,9,15H2,2H3. The fourth-order valence-electron chi connectivity index (χ4n) is 1.91. The summed E-state index contributed by atoms with van der Waals surface area (Å²) in [6.45, 7) is 5.88. The van der Waals surface area contributed by atoms with Gasteiger partial charge in [-0.1, -0.05) is 29.8 Å². The van der Waals surface area contributed by atoms with Gasteiger partial charge < -0.3 is 5.73 Å².